The van der Waals surface area contributed by atoms with E-state index in [2.05, 4.69) is 21.2 Å². The Kier molecular flexibility index (Phi) is 2.77. The van der Waals surface area contributed by atoms with E-state index in [1.165, 1.54) is 0 Å². The highest BCUT2D eigenvalue weighted by molar-refractivity contribution is 9.10. The molecule has 0 fully saturated rings. The zero-order chi connectivity index (χ0) is 10.8. The van der Waals surface area contributed by atoms with Gasteiger partial charge in [-0.25, -0.2) is 0 Å². The van der Waals surface area contributed by atoms with Crippen LogP contribution in [0.25, 0.3) is 0 Å². The van der Waals surface area contributed by atoms with Crippen molar-refractivity contribution in [1.29, 1.82) is 0 Å². The van der Waals surface area contributed by atoms with Gasteiger partial charge in [-0.1, -0.05) is 15.9 Å². The Bertz CT molecular complexity index is 440. The number of ether oxygens (including phenoxy) is 1. The monoisotopic (exact) mass is 267 g/mol. The number of carbonyl (C=O) groups excluding carboxylic acids is 1. The van der Waals surface area contributed by atoms with Crippen LogP contribution < -0.4 is 10.1 Å². The van der Waals surface area contributed by atoms with Gasteiger partial charge >= 0.3 is 0 Å². The molecule has 0 aromatic heterocycles. The first-order valence-corrected chi connectivity index (χ1v) is 5.35. The SMILES string of the molecule is CNC1=CC(=O)c2cc(Br)ccc2OC1. The van der Waals surface area contributed by atoms with Crippen molar-refractivity contribution in [2.24, 2.45) is 0 Å². The number of halogens is 1. The van der Waals surface area contributed by atoms with Crippen molar-refractivity contribution in [2.45, 2.75) is 0 Å². The number of allylic oxidation sites excluding steroid dienone is 1. The van der Waals surface area contributed by atoms with Crippen LogP contribution in [0.1, 0.15) is 10.4 Å². The fourth-order valence-electron chi connectivity index (χ4n) is 1.40. The molecule has 0 amide bonds. The van der Waals surface area contributed by atoms with Crippen LogP contribution >= 0.6 is 15.9 Å². The Morgan fingerprint density at radius 2 is 2.27 bits per heavy atom. The van der Waals surface area contributed by atoms with Crippen molar-refractivity contribution >= 4 is 21.7 Å². The van der Waals surface area contributed by atoms with Gasteiger partial charge in [0.2, 0.25) is 0 Å². The summed E-state index contributed by atoms with van der Waals surface area (Å²) >= 11 is 3.33. The van der Waals surface area contributed by atoms with E-state index in [1.54, 1.807) is 25.3 Å². The number of nitrogens with one attached hydrogen (secondary N) is 1. The Hall–Kier alpha value is -1.29. The fourth-order valence-corrected chi connectivity index (χ4v) is 1.76. The fraction of sp³-hybridized carbons (Fsp3) is 0.182. The first-order chi connectivity index (χ1) is 7.20. The minimum atomic E-state index is -0.0341. The molecule has 78 valence electrons. The van der Waals surface area contributed by atoms with Gasteiger partial charge in [0.1, 0.15) is 12.4 Å². The van der Waals surface area contributed by atoms with Crippen LogP contribution in [0.3, 0.4) is 0 Å². The third-order valence-electron chi connectivity index (χ3n) is 2.22. The van der Waals surface area contributed by atoms with Crippen molar-refractivity contribution in [3.63, 3.8) is 0 Å². The van der Waals surface area contributed by atoms with E-state index in [0.717, 1.165) is 10.2 Å². The molecule has 0 radical (unpaired) electrons. The molecule has 0 spiro atoms. The second kappa shape index (κ2) is 4.06. The molecule has 4 heteroatoms. The highest BCUT2D eigenvalue weighted by atomic mass is 79.9. The number of hydrogen-bond donors (Lipinski definition) is 1. The maximum absolute atomic E-state index is 11.8. The Morgan fingerprint density at radius 3 is 3.00 bits per heavy atom. The lowest BCUT2D eigenvalue weighted by Crippen LogP contribution is -2.13. The second-order valence-corrected chi connectivity index (χ2v) is 4.13. The van der Waals surface area contributed by atoms with Crippen LogP contribution in [-0.2, 0) is 0 Å². The number of fused-ring (bicyclic) bond motifs is 1. The van der Waals surface area contributed by atoms with Gasteiger partial charge in [0.05, 0.1) is 11.3 Å². The van der Waals surface area contributed by atoms with Crippen LogP contribution in [-0.4, -0.2) is 19.4 Å². The number of rotatable bonds is 1. The lowest BCUT2D eigenvalue weighted by molar-refractivity contribution is 0.104. The summed E-state index contributed by atoms with van der Waals surface area (Å²) in [4.78, 5) is 11.8. The van der Waals surface area contributed by atoms with E-state index in [0.29, 0.717) is 17.9 Å². The standard InChI is InChI=1S/C11H10BrNO2/c1-13-8-5-10(14)9-4-7(12)2-3-11(9)15-6-8/h2-5,13H,6H2,1H3. The van der Waals surface area contributed by atoms with Gasteiger partial charge in [-0.15, -0.1) is 0 Å². The Morgan fingerprint density at radius 1 is 1.47 bits per heavy atom. The zero-order valence-corrected chi connectivity index (χ0v) is 9.80. The van der Waals surface area contributed by atoms with Gasteiger partial charge in [0.25, 0.3) is 0 Å². The summed E-state index contributed by atoms with van der Waals surface area (Å²) in [6.45, 7) is 0.400. The molecule has 1 aliphatic heterocycles. The average Bonchev–Trinajstić information content (AvgIpc) is 2.39. The lowest BCUT2D eigenvalue weighted by atomic mass is 10.1. The molecule has 0 atom stereocenters. The topological polar surface area (TPSA) is 38.3 Å². The predicted octanol–water partition coefficient (Wildman–Crippen LogP) is 2.13. The summed E-state index contributed by atoms with van der Waals surface area (Å²) in [7, 11) is 1.77. The molecule has 1 aromatic carbocycles. The minimum Gasteiger partial charge on any atom is -0.487 e. The maximum Gasteiger partial charge on any atom is 0.191 e. The first-order valence-electron chi connectivity index (χ1n) is 4.55. The summed E-state index contributed by atoms with van der Waals surface area (Å²) in [5.74, 6) is 0.595. The van der Waals surface area contributed by atoms with E-state index >= 15 is 0 Å². The molecular formula is C11H10BrNO2. The van der Waals surface area contributed by atoms with Crippen LogP contribution in [0.15, 0.2) is 34.4 Å². The van der Waals surface area contributed by atoms with Crippen molar-refractivity contribution in [2.75, 3.05) is 13.7 Å². The number of benzene rings is 1. The molecule has 0 unspecified atom stereocenters. The largest absolute Gasteiger partial charge is 0.487 e. The van der Waals surface area contributed by atoms with E-state index < -0.39 is 0 Å². The summed E-state index contributed by atoms with van der Waals surface area (Å²) in [6.07, 6.45) is 1.57. The molecule has 15 heavy (non-hydrogen) atoms. The number of likely N-dealkylation sites (N-methyl/N-ethyl adjacent to an activating group) is 1. The maximum atomic E-state index is 11.8. The Balaban J connectivity index is 2.46. The average molecular weight is 268 g/mol. The second-order valence-electron chi connectivity index (χ2n) is 3.21. The van der Waals surface area contributed by atoms with Gasteiger partial charge in [-0.2, -0.15) is 0 Å². The van der Waals surface area contributed by atoms with Crippen LogP contribution in [0, 0.1) is 0 Å². The third-order valence-corrected chi connectivity index (χ3v) is 2.71. The molecule has 0 saturated heterocycles. The van der Waals surface area contributed by atoms with Crippen molar-refractivity contribution in [3.05, 3.63) is 40.0 Å². The molecular weight excluding hydrogens is 258 g/mol. The van der Waals surface area contributed by atoms with E-state index in [4.69, 9.17) is 4.74 Å². The zero-order valence-electron chi connectivity index (χ0n) is 8.21. The van der Waals surface area contributed by atoms with Gasteiger partial charge in [-0.05, 0) is 18.2 Å². The quantitative estimate of drug-likeness (QED) is 0.847. The lowest BCUT2D eigenvalue weighted by Gasteiger charge is -2.07. The third kappa shape index (κ3) is 2.04. The van der Waals surface area contributed by atoms with Gasteiger partial charge in [0, 0.05) is 17.6 Å². The molecule has 0 aliphatic carbocycles. The molecule has 1 N–H and O–H groups in total. The van der Waals surface area contributed by atoms with E-state index in [-0.39, 0.29) is 5.78 Å². The van der Waals surface area contributed by atoms with Crippen molar-refractivity contribution in [3.8, 4) is 5.75 Å². The minimum absolute atomic E-state index is 0.0341. The highest BCUT2D eigenvalue weighted by Gasteiger charge is 2.16. The van der Waals surface area contributed by atoms with E-state index in [1.807, 2.05) is 6.07 Å². The van der Waals surface area contributed by atoms with Crippen LogP contribution in [0.5, 0.6) is 5.75 Å². The van der Waals surface area contributed by atoms with Gasteiger partial charge in [-0.3, -0.25) is 4.79 Å². The summed E-state index contributed by atoms with van der Waals surface area (Å²) < 4.78 is 6.38. The molecule has 0 saturated carbocycles. The Labute approximate surface area is 96.3 Å². The smallest absolute Gasteiger partial charge is 0.191 e. The molecule has 1 aliphatic rings. The first kappa shape index (κ1) is 10.2. The number of carbonyl (C=O) groups is 1. The van der Waals surface area contributed by atoms with E-state index in [9.17, 15) is 4.79 Å². The summed E-state index contributed by atoms with van der Waals surface area (Å²) in [6, 6.07) is 5.42. The number of ketones is 1. The van der Waals surface area contributed by atoms with Gasteiger partial charge < -0.3 is 10.1 Å². The predicted molar refractivity (Wildman–Crippen MR) is 61.1 cm³/mol. The summed E-state index contributed by atoms with van der Waals surface area (Å²) in [5.41, 5.74) is 1.38. The highest BCUT2D eigenvalue weighted by Crippen LogP contribution is 2.26. The normalized spacial score (nSPS) is 14.8. The molecule has 1 heterocycles. The molecule has 3 nitrogen and oxygen atoms in total. The molecule has 0 bridgehead atoms. The van der Waals surface area contributed by atoms with Gasteiger partial charge in [0.15, 0.2) is 5.78 Å². The van der Waals surface area contributed by atoms with Crippen molar-refractivity contribution < 1.29 is 9.53 Å². The molecule has 2 rings (SSSR count). The van der Waals surface area contributed by atoms with Crippen molar-refractivity contribution in [1.82, 2.24) is 5.32 Å². The number of hydrogen-bond acceptors (Lipinski definition) is 3. The van der Waals surface area contributed by atoms with Crippen LogP contribution in [0.4, 0.5) is 0 Å². The molecule has 1 aromatic rings. The van der Waals surface area contributed by atoms with Crippen LogP contribution in [0.2, 0.25) is 0 Å². The summed E-state index contributed by atoms with van der Waals surface area (Å²) in [5, 5.41) is 2.93.